The van der Waals surface area contributed by atoms with Crippen molar-refractivity contribution in [3.8, 4) is 11.5 Å². The lowest BCUT2D eigenvalue weighted by atomic mass is 9.68. The second-order valence-corrected chi connectivity index (χ2v) is 12.7. The average Bonchev–Trinajstić information content (AvgIpc) is 3.01. The van der Waals surface area contributed by atoms with Crippen LogP contribution in [-0.4, -0.2) is 17.9 Å². The zero-order valence-electron chi connectivity index (χ0n) is 27.5. The Labute approximate surface area is 263 Å². The highest BCUT2D eigenvalue weighted by atomic mass is 16.5. The first-order chi connectivity index (χ1) is 20.9. The molecule has 0 aliphatic heterocycles. The van der Waals surface area contributed by atoms with Gasteiger partial charge in [-0.15, -0.1) is 0 Å². The zero-order chi connectivity index (χ0) is 32.1. The van der Waals surface area contributed by atoms with Crippen molar-refractivity contribution in [1.29, 1.82) is 0 Å². The van der Waals surface area contributed by atoms with Gasteiger partial charge in [0.05, 0.1) is 11.7 Å². The Kier molecular flexibility index (Phi) is 10.1. The Bertz CT molecular complexity index is 1620. The molecule has 0 aliphatic carbocycles. The molecule has 4 aromatic rings. The minimum Gasteiger partial charge on any atom is -0.491 e. The fourth-order valence-electron chi connectivity index (χ4n) is 6.16. The lowest BCUT2D eigenvalue weighted by Crippen LogP contribution is -2.27. The van der Waals surface area contributed by atoms with Crippen LogP contribution < -0.4 is 9.47 Å². The highest BCUT2D eigenvalue weighted by molar-refractivity contribution is 6.02. The number of Topliss-reactive ketones (excluding diaryl/α,β-unsaturated/α-hetero) is 1. The highest BCUT2D eigenvalue weighted by Gasteiger charge is 2.34. The summed E-state index contributed by atoms with van der Waals surface area (Å²) in [6.07, 6.45) is 2.79. The quantitative estimate of drug-likeness (QED) is 0.0713. The smallest absolute Gasteiger partial charge is 0.343 e. The molecule has 0 fully saturated rings. The molecule has 230 valence electrons. The summed E-state index contributed by atoms with van der Waals surface area (Å²) in [5.74, 6) is 0.876. The molecule has 0 saturated heterocycles. The summed E-state index contributed by atoms with van der Waals surface area (Å²) in [5, 5.41) is 0. The maximum absolute atomic E-state index is 13.2. The van der Waals surface area contributed by atoms with E-state index in [-0.39, 0.29) is 11.9 Å². The Hall–Kier alpha value is -4.18. The van der Waals surface area contributed by atoms with E-state index < -0.39 is 16.8 Å². The van der Waals surface area contributed by atoms with E-state index in [9.17, 15) is 9.59 Å². The van der Waals surface area contributed by atoms with Gasteiger partial charge in [-0.1, -0.05) is 88.7 Å². The standard InChI is InChI=1S/C40H46O4/c1-9-23-39(6,7)37(41)30-15-14-16-31(26-30)38(42)44-34-20-22-36(28(4)25-34)40(8,32-17-12-11-13-18-32)35-21-19-33(24-27(35)3)43-29(5)10-2/h11-22,24-26,29H,9-10,23H2,1-8H3. The maximum atomic E-state index is 13.2. The first-order valence-corrected chi connectivity index (χ1v) is 15.7. The minimum atomic E-state index is -0.491. The van der Waals surface area contributed by atoms with E-state index in [0.717, 1.165) is 41.7 Å². The Balaban J connectivity index is 1.66. The number of hydrogen-bond acceptors (Lipinski definition) is 4. The lowest BCUT2D eigenvalue weighted by Gasteiger charge is -2.35. The minimum absolute atomic E-state index is 0.0316. The Morgan fingerprint density at radius 3 is 1.91 bits per heavy atom. The number of rotatable bonds is 12. The van der Waals surface area contributed by atoms with Gasteiger partial charge in [0.15, 0.2) is 5.78 Å². The number of ether oxygens (including phenoxy) is 2. The SMILES string of the molecule is CCCC(C)(C)C(=O)c1cccc(C(=O)Oc2ccc(C(C)(c3ccccc3)c3ccc(OC(C)CC)cc3C)c(C)c2)c1. The van der Waals surface area contributed by atoms with Gasteiger partial charge in [-0.25, -0.2) is 4.79 Å². The molecule has 0 bridgehead atoms. The van der Waals surface area contributed by atoms with Crippen molar-refractivity contribution in [3.63, 3.8) is 0 Å². The van der Waals surface area contributed by atoms with Crippen molar-refractivity contribution in [2.45, 2.75) is 86.2 Å². The van der Waals surface area contributed by atoms with E-state index in [4.69, 9.17) is 9.47 Å². The highest BCUT2D eigenvalue weighted by Crippen LogP contribution is 2.43. The van der Waals surface area contributed by atoms with Gasteiger partial charge in [0.1, 0.15) is 11.5 Å². The molecule has 0 N–H and O–H groups in total. The predicted octanol–water partition coefficient (Wildman–Crippen LogP) is 10.1. The van der Waals surface area contributed by atoms with Crippen LogP contribution in [0.1, 0.15) is 109 Å². The van der Waals surface area contributed by atoms with Crippen LogP contribution in [0.25, 0.3) is 0 Å². The number of aryl methyl sites for hydroxylation is 2. The number of hydrogen-bond donors (Lipinski definition) is 0. The van der Waals surface area contributed by atoms with Gasteiger partial charge in [-0.3, -0.25) is 4.79 Å². The summed E-state index contributed by atoms with van der Waals surface area (Å²) in [6, 6.07) is 29.5. The molecule has 0 radical (unpaired) electrons. The molecule has 0 aliphatic rings. The van der Waals surface area contributed by atoms with Crippen molar-refractivity contribution in [2.24, 2.45) is 5.41 Å². The van der Waals surface area contributed by atoms with Crippen LogP contribution >= 0.6 is 0 Å². The van der Waals surface area contributed by atoms with Gasteiger partial charge in [0.25, 0.3) is 0 Å². The van der Waals surface area contributed by atoms with Crippen LogP contribution in [0.15, 0.2) is 91.0 Å². The molecule has 44 heavy (non-hydrogen) atoms. The number of carbonyl (C=O) groups excluding carboxylic acids is 2. The first kappa shape index (κ1) is 32.7. The predicted molar refractivity (Wildman–Crippen MR) is 179 cm³/mol. The van der Waals surface area contributed by atoms with Crippen LogP contribution in [0.5, 0.6) is 11.5 Å². The summed E-state index contributed by atoms with van der Waals surface area (Å²) in [7, 11) is 0. The number of carbonyl (C=O) groups is 2. The fourth-order valence-corrected chi connectivity index (χ4v) is 6.16. The molecule has 0 spiro atoms. The summed E-state index contributed by atoms with van der Waals surface area (Å²) in [4.78, 5) is 26.4. The third-order valence-electron chi connectivity index (χ3n) is 8.80. The largest absolute Gasteiger partial charge is 0.491 e. The summed E-state index contributed by atoms with van der Waals surface area (Å²) in [6.45, 7) is 16.6. The molecular weight excluding hydrogens is 544 g/mol. The van der Waals surface area contributed by atoms with Gasteiger partial charge in [-0.2, -0.15) is 0 Å². The first-order valence-electron chi connectivity index (χ1n) is 15.7. The fraction of sp³-hybridized carbons (Fsp3) is 0.350. The molecule has 2 atom stereocenters. The van der Waals surface area contributed by atoms with E-state index in [1.165, 1.54) is 11.1 Å². The van der Waals surface area contributed by atoms with E-state index in [1.807, 2.05) is 32.0 Å². The molecular formula is C40H46O4. The summed E-state index contributed by atoms with van der Waals surface area (Å²) >= 11 is 0. The summed E-state index contributed by atoms with van der Waals surface area (Å²) in [5.41, 5.74) is 5.54. The van der Waals surface area contributed by atoms with Crippen LogP contribution in [0.2, 0.25) is 0 Å². The molecule has 4 nitrogen and oxygen atoms in total. The Morgan fingerprint density at radius 2 is 1.32 bits per heavy atom. The van der Waals surface area contributed by atoms with Gasteiger partial charge in [0, 0.05) is 16.4 Å². The van der Waals surface area contributed by atoms with Crippen molar-refractivity contribution >= 4 is 11.8 Å². The second-order valence-electron chi connectivity index (χ2n) is 12.7. The monoisotopic (exact) mass is 590 g/mol. The van der Waals surface area contributed by atoms with Crippen molar-refractivity contribution in [1.82, 2.24) is 0 Å². The van der Waals surface area contributed by atoms with Crippen LogP contribution in [0.3, 0.4) is 0 Å². The average molecular weight is 591 g/mol. The number of esters is 1. The number of benzene rings is 4. The van der Waals surface area contributed by atoms with E-state index in [1.54, 1.807) is 24.3 Å². The maximum Gasteiger partial charge on any atom is 0.343 e. The van der Waals surface area contributed by atoms with Crippen LogP contribution in [0, 0.1) is 19.3 Å². The molecule has 4 heteroatoms. The molecule has 4 aromatic carbocycles. The van der Waals surface area contributed by atoms with E-state index >= 15 is 0 Å². The lowest BCUT2D eigenvalue weighted by molar-refractivity contribution is 0.0734. The Morgan fingerprint density at radius 1 is 0.727 bits per heavy atom. The van der Waals surface area contributed by atoms with Crippen molar-refractivity contribution in [3.05, 3.63) is 130 Å². The topological polar surface area (TPSA) is 52.6 Å². The second kappa shape index (κ2) is 13.6. The third-order valence-corrected chi connectivity index (χ3v) is 8.80. The van der Waals surface area contributed by atoms with Gasteiger partial charge in [0.2, 0.25) is 0 Å². The van der Waals surface area contributed by atoms with Gasteiger partial charge in [-0.05, 0) is 105 Å². The molecule has 0 aromatic heterocycles. The van der Waals surface area contributed by atoms with Gasteiger partial charge >= 0.3 is 5.97 Å². The molecule has 0 amide bonds. The van der Waals surface area contributed by atoms with E-state index in [2.05, 4.69) is 90.1 Å². The zero-order valence-corrected chi connectivity index (χ0v) is 27.5. The normalized spacial score (nSPS) is 13.5. The molecule has 2 unspecified atom stereocenters. The molecule has 4 rings (SSSR count). The molecule has 0 saturated carbocycles. The molecule has 0 heterocycles. The number of ketones is 1. The van der Waals surface area contributed by atoms with Crippen LogP contribution in [0.4, 0.5) is 0 Å². The summed E-state index contributed by atoms with van der Waals surface area (Å²) < 4.78 is 12.0. The van der Waals surface area contributed by atoms with Crippen LogP contribution in [-0.2, 0) is 5.41 Å². The van der Waals surface area contributed by atoms with E-state index in [0.29, 0.717) is 16.9 Å². The third kappa shape index (κ3) is 6.96. The van der Waals surface area contributed by atoms with Crippen molar-refractivity contribution in [2.75, 3.05) is 0 Å². The van der Waals surface area contributed by atoms with Gasteiger partial charge < -0.3 is 9.47 Å². The van der Waals surface area contributed by atoms with Crippen molar-refractivity contribution < 1.29 is 19.1 Å².